The lowest BCUT2D eigenvalue weighted by Gasteiger charge is -2.23. The van der Waals surface area contributed by atoms with Crippen LogP contribution in [0.2, 0.25) is 0 Å². The number of aromatic nitrogens is 3. The summed E-state index contributed by atoms with van der Waals surface area (Å²) in [7, 11) is -3.54. The molecule has 0 fully saturated rings. The van der Waals surface area contributed by atoms with Crippen LogP contribution in [0, 0.1) is 5.92 Å². The zero-order chi connectivity index (χ0) is 20.1. The lowest BCUT2D eigenvalue weighted by molar-refractivity contribution is 0.147. The number of sulfonamides is 1. The quantitative estimate of drug-likeness (QED) is 0.615. The standard InChI is InChI=1S/C20H24N4O3S/c1-4-12-28(25,26)24-19-20(23-17-10-6-5-9-16(17)22-19)27-18(14(2)3)15-8-7-11-21-13-15/h5-11,13-14,18H,4,12H2,1-3H3,(H,22,24). The maximum Gasteiger partial charge on any atom is 0.259 e. The molecular weight excluding hydrogens is 376 g/mol. The van der Waals surface area contributed by atoms with Gasteiger partial charge < -0.3 is 4.74 Å². The predicted molar refractivity (Wildman–Crippen MR) is 110 cm³/mol. The van der Waals surface area contributed by atoms with Crippen molar-refractivity contribution in [2.75, 3.05) is 10.5 Å². The zero-order valence-electron chi connectivity index (χ0n) is 16.2. The molecule has 0 saturated carbocycles. The number of rotatable bonds is 8. The Morgan fingerprint density at radius 2 is 1.79 bits per heavy atom. The number of anilines is 1. The number of fused-ring (bicyclic) bond motifs is 1. The van der Waals surface area contributed by atoms with Gasteiger partial charge in [-0.2, -0.15) is 0 Å². The summed E-state index contributed by atoms with van der Waals surface area (Å²) in [4.78, 5) is 13.1. The first kappa shape index (κ1) is 20.0. The fourth-order valence-electron chi connectivity index (χ4n) is 2.85. The van der Waals surface area contributed by atoms with E-state index in [4.69, 9.17) is 4.74 Å². The highest BCUT2D eigenvalue weighted by Gasteiger charge is 2.23. The van der Waals surface area contributed by atoms with E-state index in [0.717, 1.165) is 5.56 Å². The fourth-order valence-corrected chi connectivity index (χ4v) is 3.92. The van der Waals surface area contributed by atoms with Crippen LogP contribution >= 0.6 is 0 Å². The molecule has 28 heavy (non-hydrogen) atoms. The summed E-state index contributed by atoms with van der Waals surface area (Å²) in [5, 5.41) is 0. The molecule has 1 unspecified atom stereocenters. The fraction of sp³-hybridized carbons (Fsp3) is 0.350. The van der Waals surface area contributed by atoms with E-state index < -0.39 is 10.0 Å². The van der Waals surface area contributed by atoms with Crippen molar-refractivity contribution in [1.82, 2.24) is 15.0 Å². The number of hydrogen-bond donors (Lipinski definition) is 1. The monoisotopic (exact) mass is 400 g/mol. The number of hydrogen-bond acceptors (Lipinski definition) is 6. The van der Waals surface area contributed by atoms with Crippen LogP contribution in [0.5, 0.6) is 5.88 Å². The Morgan fingerprint density at radius 1 is 1.07 bits per heavy atom. The van der Waals surface area contributed by atoms with E-state index in [0.29, 0.717) is 17.5 Å². The van der Waals surface area contributed by atoms with E-state index in [1.54, 1.807) is 25.4 Å². The van der Waals surface area contributed by atoms with E-state index >= 15 is 0 Å². The molecule has 0 amide bonds. The van der Waals surface area contributed by atoms with Crippen molar-refractivity contribution in [3.63, 3.8) is 0 Å². The van der Waals surface area contributed by atoms with Gasteiger partial charge in [0.1, 0.15) is 6.10 Å². The van der Waals surface area contributed by atoms with Gasteiger partial charge in [0.25, 0.3) is 5.88 Å². The maximum absolute atomic E-state index is 12.3. The summed E-state index contributed by atoms with van der Waals surface area (Å²) in [5.74, 6) is 0.358. The van der Waals surface area contributed by atoms with Gasteiger partial charge in [0, 0.05) is 18.0 Å². The summed E-state index contributed by atoms with van der Waals surface area (Å²) in [6, 6.07) is 11.0. The highest BCUT2D eigenvalue weighted by atomic mass is 32.2. The predicted octanol–water partition coefficient (Wildman–Crippen LogP) is 3.95. The molecule has 148 valence electrons. The van der Waals surface area contributed by atoms with Crippen molar-refractivity contribution in [3.8, 4) is 5.88 Å². The average molecular weight is 401 g/mol. The van der Waals surface area contributed by atoms with Crippen LogP contribution in [0.4, 0.5) is 5.82 Å². The van der Waals surface area contributed by atoms with Gasteiger partial charge in [0.15, 0.2) is 0 Å². The minimum atomic E-state index is -3.54. The Bertz CT molecular complexity index is 1040. The van der Waals surface area contributed by atoms with Crippen LogP contribution in [0.25, 0.3) is 11.0 Å². The molecule has 3 aromatic rings. The van der Waals surface area contributed by atoms with E-state index in [-0.39, 0.29) is 29.5 Å². The second-order valence-corrected chi connectivity index (χ2v) is 8.70. The van der Waals surface area contributed by atoms with Gasteiger partial charge in [0.05, 0.1) is 16.8 Å². The molecule has 0 saturated heterocycles. The molecule has 7 nitrogen and oxygen atoms in total. The first-order valence-corrected chi connectivity index (χ1v) is 10.9. The number of nitrogens with zero attached hydrogens (tertiary/aromatic N) is 3. The van der Waals surface area contributed by atoms with Gasteiger partial charge >= 0.3 is 0 Å². The third kappa shape index (κ3) is 4.75. The number of pyridine rings is 1. The largest absolute Gasteiger partial charge is 0.466 e. The summed E-state index contributed by atoms with van der Waals surface area (Å²) in [6.07, 6.45) is 3.58. The van der Waals surface area contributed by atoms with Crippen molar-refractivity contribution >= 4 is 26.9 Å². The van der Waals surface area contributed by atoms with Crippen LogP contribution in [0.15, 0.2) is 48.8 Å². The topological polar surface area (TPSA) is 94.1 Å². The molecule has 0 spiro atoms. The van der Waals surface area contributed by atoms with Crippen LogP contribution in [0.1, 0.15) is 38.9 Å². The number of nitrogens with one attached hydrogen (secondary N) is 1. The minimum absolute atomic E-state index is 0.00282. The van der Waals surface area contributed by atoms with Crippen molar-refractivity contribution in [1.29, 1.82) is 0 Å². The van der Waals surface area contributed by atoms with Crippen molar-refractivity contribution in [2.24, 2.45) is 5.92 Å². The van der Waals surface area contributed by atoms with Gasteiger partial charge in [0.2, 0.25) is 15.8 Å². The smallest absolute Gasteiger partial charge is 0.259 e. The second-order valence-electron chi connectivity index (χ2n) is 6.86. The van der Waals surface area contributed by atoms with E-state index in [1.165, 1.54) is 0 Å². The SMILES string of the molecule is CCCS(=O)(=O)Nc1nc2ccccc2nc1OC(c1cccnc1)C(C)C. The molecule has 2 aromatic heterocycles. The molecule has 3 rings (SSSR count). The Morgan fingerprint density at radius 3 is 2.39 bits per heavy atom. The summed E-state index contributed by atoms with van der Waals surface area (Å²) in [5.41, 5.74) is 2.10. The van der Waals surface area contributed by atoms with E-state index in [2.05, 4.69) is 19.7 Å². The molecule has 0 bridgehead atoms. The molecular formula is C20H24N4O3S. The molecule has 8 heteroatoms. The van der Waals surface area contributed by atoms with E-state index in [1.807, 2.05) is 44.2 Å². The van der Waals surface area contributed by atoms with Crippen LogP contribution in [-0.4, -0.2) is 29.1 Å². The normalized spacial score (nSPS) is 12.9. The van der Waals surface area contributed by atoms with Gasteiger partial charge in [-0.1, -0.05) is 39.0 Å². The molecule has 2 heterocycles. The van der Waals surface area contributed by atoms with Crippen LogP contribution in [-0.2, 0) is 10.0 Å². The van der Waals surface area contributed by atoms with Crippen molar-refractivity contribution < 1.29 is 13.2 Å². The van der Waals surface area contributed by atoms with Gasteiger partial charge in [-0.05, 0) is 30.5 Å². The molecule has 0 aliphatic carbocycles. The lowest BCUT2D eigenvalue weighted by Crippen LogP contribution is -2.20. The molecule has 0 radical (unpaired) electrons. The summed E-state index contributed by atoms with van der Waals surface area (Å²) >= 11 is 0. The maximum atomic E-state index is 12.3. The molecule has 0 aliphatic heterocycles. The third-order valence-electron chi connectivity index (χ3n) is 4.12. The number of benzene rings is 1. The Hall–Kier alpha value is -2.74. The molecule has 1 atom stereocenters. The average Bonchev–Trinajstić information content (AvgIpc) is 2.66. The van der Waals surface area contributed by atoms with Crippen LogP contribution in [0.3, 0.4) is 0 Å². The molecule has 1 N–H and O–H groups in total. The Labute approximate surface area is 165 Å². The molecule has 0 aliphatic rings. The number of ether oxygens (including phenoxy) is 1. The highest BCUT2D eigenvalue weighted by Crippen LogP contribution is 2.32. The Kier molecular flexibility index (Phi) is 6.08. The lowest BCUT2D eigenvalue weighted by atomic mass is 10.0. The molecule has 1 aromatic carbocycles. The third-order valence-corrected chi connectivity index (χ3v) is 5.57. The first-order chi connectivity index (χ1) is 13.4. The van der Waals surface area contributed by atoms with Gasteiger partial charge in [-0.3, -0.25) is 9.71 Å². The van der Waals surface area contributed by atoms with Crippen molar-refractivity contribution in [3.05, 3.63) is 54.4 Å². The summed E-state index contributed by atoms with van der Waals surface area (Å²) in [6.45, 7) is 5.85. The van der Waals surface area contributed by atoms with Gasteiger partial charge in [-0.25, -0.2) is 18.4 Å². The minimum Gasteiger partial charge on any atom is -0.466 e. The Balaban J connectivity index is 2.05. The zero-order valence-corrected chi connectivity index (χ0v) is 17.0. The van der Waals surface area contributed by atoms with Crippen molar-refractivity contribution in [2.45, 2.75) is 33.3 Å². The second kappa shape index (κ2) is 8.52. The van der Waals surface area contributed by atoms with Crippen LogP contribution < -0.4 is 9.46 Å². The summed E-state index contributed by atoms with van der Waals surface area (Å²) < 4.78 is 33.4. The van der Waals surface area contributed by atoms with E-state index in [9.17, 15) is 8.42 Å². The number of para-hydroxylation sites is 2. The first-order valence-electron chi connectivity index (χ1n) is 9.23. The van der Waals surface area contributed by atoms with Gasteiger partial charge in [-0.15, -0.1) is 0 Å². The highest BCUT2D eigenvalue weighted by molar-refractivity contribution is 7.92.